The van der Waals surface area contributed by atoms with Gasteiger partial charge in [0, 0.05) is 38.9 Å². The molecule has 2 aliphatic rings. The van der Waals surface area contributed by atoms with Gasteiger partial charge >= 0.3 is 0 Å². The fraction of sp³-hybridized carbons (Fsp3) is 0.643. The van der Waals surface area contributed by atoms with Gasteiger partial charge in [-0.1, -0.05) is 0 Å². The molecule has 0 bridgehead atoms. The van der Waals surface area contributed by atoms with Gasteiger partial charge in [-0.15, -0.1) is 0 Å². The van der Waals surface area contributed by atoms with Crippen LogP contribution in [-0.2, 0) is 4.79 Å². The SMILES string of the molecule is CCN1CCN(c2nccc(N3CCC(O)C3)n2)CC1=O. The third kappa shape index (κ3) is 2.92. The second-order valence-electron chi connectivity index (χ2n) is 5.50. The molecule has 0 spiro atoms. The van der Waals surface area contributed by atoms with Crippen molar-refractivity contribution in [2.24, 2.45) is 0 Å². The first-order chi connectivity index (χ1) is 10.2. The number of piperazine rings is 1. The minimum absolute atomic E-state index is 0.120. The van der Waals surface area contributed by atoms with Crippen molar-refractivity contribution in [1.82, 2.24) is 14.9 Å². The number of rotatable bonds is 3. The number of anilines is 2. The molecular formula is C14H21N5O2. The second-order valence-corrected chi connectivity index (χ2v) is 5.50. The van der Waals surface area contributed by atoms with Crippen molar-refractivity contribution in [3.8, 4) is 0 Å². The Kier molecular flexibility index (Phi) is 3.92. The average molecular weight is 291 g/mol. The number of hydrogen-bond acceptors (Lipinski definition) is 6. The molecule has 0 saturated carbocycles. The average Bonchev–Trinajstić information content (AvgIpc) is 2.94. The maximum absolute atomic E-state index is 12.0. The number of aromatic nitrogens is 2. The van der Waals surface area contributed by atoms with Gasteiger partial charge in [-0.25, -0.2) is 4.98 Å². The molecule has 3 heterocycles. The fourth-order valence-corrected chi connectivity index (χ4v) is 2.83. The molecule has 2 aliphatic heterocycles. The molecule has 0 aliphatic carbocycles. The van der Waals surface area contributed by atoms with Crippen molar-refractivity contribution >= 4 is 17.7 Å². The van der Waals surface area contributed by atoms with Crippen molar-refractivity contribution in [2.75, 3.05) is 49.1 Å². The van der Waals surface area contributed by atoms with Crippen molar-refractivity contribution in [3.05, 3.63) is 12.3 Å². The van der Waals surface area contributed by atoms with E-state index < -0.39 is 0 Å². The number of β-amino-alcohol motifs (C(OH)–C–C–N with tert-alkyl or cyclic N) is 1. The van der Waals surface area contributed by atoms with Crippen LogP contribution in [0.3, 0.4) is 0 Å². The van der Waals surface area contributed by atoms with E-state index in [0.717, 1.165) is 31.9 Å². The summed E-state index contributed by atoms with van der Waals surface area (Å²) < 4.78 is 0. The van der Waals surface area contributed by atoms with Crippen LogP contribution in [0, 0.1) is 0 Å². The number of carbonyl (C=O) groups is 1. The van der Waals surface area contributed by atoms with Crippen LogP contribution >= 0.6 is 0 Å². The summed E-state index contributed by atoms with van der Waals surface area (Å²) in [5.74, 6) is 1.54. The predicted molar refractivity (Wildman–Crippen MR) is 79.3 cm³/mol. The summed E-state index contributed by atoms with van der Waals surface area (Å²) in [6, 6.07) is 1.85. The van der Waals surface area contributed by atoms with Crippen LogP contribution in [-0.4, -0.2) is 71.3 Å². The molecule has 1 atom stereocenters. The maximum Gasteiger partial charge on any atom is 0.242 e. The minimum Gasteiger partial charge on any atom is -0.391 e. The highest BCUT2D eigenvalue weighted by molar-refractivity contribution is 5.82. The molecule has 2 saturated heterocycles. The number of amides is 1. The van der Waals surface area contributed by atoms with Gasteiger partial charge in [0.15, 0.2) is 0 Å². The summed E-state index contributed by atoms with van der Waals surface area (Å²) in [5, 5.41) is 9.62. The standard InChI is InChI=1S/C14H21N5O2/c1-2-17-7-8-19(10-13(17)21)14-15-5-3-12(16-14)18-6-4-11(20)9-18/h3,5,11,20H,2,4,6-10H2,1H3. The Bertz CT molecular complexity index is 524. The molecule has 7 heteroatoms. The summed E-state index contributed by atoms with van der Waals surface area (Å²) in [6.45, 7) is 5.96. The quantitative estimate of drug-likeness (QED) is 0.825. The summed E-state index contributed by atoms with van der Waals surface area (Å²) in [5.41, 5.74) is 0. The van der Waals surface area contributed by atoms with Gasteiger partial charge in [0.05, 0.1) is 12.6 Å². The molecule has 1 N–H and O–H groups in total. The summed E-state index contributed by atoms with van der Waals surface area (Å²) in [4.78, 5) is 26.7. The van der Waals surface area contributed by atoms with Crippen LogP contribution < -0.4 is 9.80 Å². The lowest BCUT2D eigenvalue weighted by Gasteiger charge is -2.33. The smallest absolute Gasteiger partial charge is 0.242 e. The Balaban J connectivity index is 1.73. The number of hydrogen-bond donors (Lipinski definition) is 1. The highest BCUT2D eigenvalue weighted by Gasteiger charge is 2.26. The zero-order chi connectivity index (χ0) is 14.8. The minimum atomic E-state index is -0.280. The molecule has 1 aromatic heterocycles. The molecule has 3 rings (SSSR count). The number of likely N-dealkylation sites (N-methyl/N-ethyl adjacent to an activating group) is 1. The lowest BCUT2D eigenvalue weighted by molar-refractivity contribution is -0.130. The lowest BCUT2D eigenvalue weighted by Crippen LogP contribution is -2.50. The first kappa shape index (κ1) is 14.1. The summed E-state index contributed by atoms with van der Waals surface area (Å²) in [7, 11) is 0. The van der Waals surface area contributed by atoms with Crippen molar-refractivity contribution in [2.45, 2.75) is 19.4 Å². The summed E-state index contributed by atoms with van der Waals surface area (Å²) in [6.07, 6.45) is 2.21. The third-order valence-electron chi connectivity index (χ3n) is 4.10. The monoisotopic (exact) mass is 291 g/mol. The van der Waals surface area contributed by atoms with Crippen LogP contribution in [0.1, 0.15) is 13.3 Å². The van der Waals surface area contributed by atoms with E-state index >= 15 is 0 Å². The topological polar surface area (TPSA) is 72.8 Å². The zero-order valence-electron chi connectivity index (χ0n) is 12.3. The van der Waals surface area contributed by atoms with Crippen LogP contribution in [0.5, 0.6) is 0 Å². The highest BCUT2D eigenvalue weighted by atomic mass is 16.3. The van der Waals surface area contributed by atoms with E-state index in [0.29, 0.717) is 25.6 Å². The van der Waals surface area contributed by atoms with E-state index in [4.69, 9.17) is 0 Å². The highest BCUT2D eigenvalue weighted by Crippen LogP contribution is 2.20. The van der Waals surface area contributed by atoms with Gasteiger partial charge in [-0.05, 0) is 19.4 Å². The number of nitrogens with zero attached hydrogens (tertiary/aromatic N) is 5. The van der Waals surface area contributed by atoms with Crippen LogP contribution in [0.25, 0.3) is 0 Å². The number of aliphatic hydroxyl groups is 1. The summed E-state index contributed by atoms with van der Waals surface area (Å²) >= 11 is 0. The van der Waals surface area contributed by atoms with Crippen LogP contribution in [0.15, 0.2) is 12.3 Å². The van der Waals surface area contributed by atoms with E-state index in [1.807, 2.05) is 22.8 Å². The van der Waals surface area contributed by atoms with E-state index in [-0.39, 0.29) is 12.0 Å². The molecule has 0 aromatic carbocycles. The van der Waals surface area contributed by atoms with Gasteiger partial charge in [0.1, 0.15) is 5.82 Å². The van der Waals surface area contributed by atoms with Gasteiger partial charge in [0.2, 0.25) is 11.9 Å². The van der Waals surface area contributed by atoms with Gasteiger partial charge in [-0.3, -0.25) is 4.79 Å². The predicted octanol–water partition coefficient (Wildman–Crippen LogP) is -0.284. The first-order valence-electron chi connectivity index (χ1n) is 7.46. The van der Waals surface area contributed by atoms with E-state index in [2.05, 4.69) is 14.9 Å². The van der Waals surface area contributed by atoms with Gasteiger partial charge in [0.25, 0.3) is 0 Å². The lowest BCUT2D eigenvalue weighted by atomic mass is 10.3. The van der Waals surface area contributed by atoms with Gasteiger partial charge in [-0.2, -0.15) is 4.98 Å². The fourth-order valence-electron chi connectivity index (χ4n) is 2.83. The Morgan fingerprint density at radius 1 is 1.33 bits per heavy atom. The van der Waals surface area contributed by atoms with Crippen molar-refractivity contribution in [3.63, 3.8) is 0 Å². The number of aliphatic hydroxyl groups excluding tert-OH is 1. The van der Waals surface area contributed by atoms with Gasteiger partial charge < -0.3 is 19.8 Å². The maximum atomic E-state index is 12.0. The largest absolute Gasteiger partial charge is 0.391 e. The van der Waals surface area contributed by atoms with E-state index in [9.17, 15) is 9.90 Å². The van der Waals surface area contributed by atoms with Crippen molar-refractivity contribution in [1.29, 1.82) is 0 Å². The molecular weight excluding hydrogens is 270 g/mol. The Morgan fingerprint density at radius 2 is 2.19 bits per heavy atom. The molecule has 21 heavy (non-hydrogen) atoms. The molecule has 2 fully saturated rings. The molecule has 0 radical (unpaired) electrons. The van der Waals surface area contributed by atoms with E-state index in [1.54, 1.807) is 6.20 Å². The molecule has 1 amide bonds. The Hall–Kier alpha value is -1.89. The molecule has 114 valence electrons. The molecule has 1 aromatic rings. The molecule has 7 nitrogen and oxygen atoms in total. The first-order valence-corrected chi connectivity index (χ1v) is 7.46. The van der Waals surface area contributed by atoms with Crippen LogP contribution in [0.4, 0.5) is 11.8 Å². The Labute approximate surface area is 124 Å². The van der Waals surface area contributed by atoms with E-state index in [1.165, 1.54) is 0 Å². The zero-order valence-corrected chi connectivity index (χ0v) is 12.3. The normalized spacial score (nSPS) is 23.0. The van der Waals surface area contributed by atoms with Crippen molar-refractivity contribution < 1.29 is 9.90 Å². The second kappa shape index (κ2) is 5.85. The third-order valence-corrected chi connectivity index (χ3v) is 4.10. The molecule has 1 unspecified atom stereocenters. The van der Waals surface area contributed by atoms with Crippen LogP contribution in [0.2, 0.25) is 0 Å². The number of carbonyl (C=O) groups excluding carboxylic acids is 1. The Morgan fingerprint density at radius 3 is 2.86 bits per heavy atom.